The number of hydrogen-bond donors (Lipinski definition) is 1. The van der Waals surface area contributed by atoms with Crippen molar-refractivity contribution in [2.24, 2.45) is 11.8 Å². The van der Waals surface area contributed by atoms with E-state index in [0.29, 0.717) is 0 Å². The predicted octanol–water partition coefficient (Wildman–Crippen LogP) is 3.67. The molecular weight excluding hydrogens is 232 g/mol. The Balaban J connectivity index is 1.97. The van der Waals surface area contributed by atoms with E-state index in [0.717, 1.165) is 23.9 Å². The Bertz CT molecular complexity index is 238. The summed E-state index contributed by atoms with van der Waals surface area (Å²) in [6.07, 6.45) is 9.78. The van der Waals surface area contributed by atoms with Crippen molar-refractivity contribution >= 4 is 0 Å². The molecule has 2 aliphatic rings. The first-order chi connectivity index (χ1) is 9.22. The van der Waals surface area contributed by atoms with Crippen molar-refractivity contribution < 1.29 is 0 Å². The zero-order valence-corrected chi connectivity index (χ0v) is 13.3. The second-order valence-corrected chi connectivity index (χ2v) is 7.02. The SMILES string of the molecule is CCCCN(CC1CCCN1)C1C(C)CCCC1C. The van der Waals surface area contributed by atoms with Crippen LogP contribution in [0.3, 0.4) is 0 Å². The first-order valence-corrected chi connectivity index (χ1v) is 8.69. The van der Waals surface area contributed by atoms with Gasteiger partial charge in [-0.25, -0.2) is 0 Å². The van der Waals surface area contributed by atoms with Crippen molar-refractivity contribution in [3.63, 3.8) is 0 Å². The lowest BCUT2D eigenvalue weighted by Gasteiger charge is -2.43. The van der Waals surface area contributed by atoms with Crippen LogP contribution in [-0.4, -0.2) is 36.6 Å². The molecule has 1 aliphatic carbocycles. The van der Waals surface area contributed by atoms with Gasteiger partial charge in [0.25, 0.3) is 0 Å². The van der Waals surface area contributed by atoms with Gasteiger partial charge in [-0.05, 0) is 57.0 Å². The maximum Gasteiger partial charge on any atom is 0.0195 e. The normalized spacial score (nSPS) is 36.0. The third kappa shape index (κ3) is 4.19. The van der Waals surface area contributed by atoms with Crippen LogP contribution in [0.15, 0.2) is 0 Å². The van der Waals surface area contributed by atoms with Crippen LogP contribution >= 0.6 is 0 Å². The summed E-state index contributed by atoms with van der Waals surface area (Å²) in [7, 11) is 0. The van der Waals surface area contributed by atoms with Crippen LogP contribution in [0.1, 0.15) is 65.7 Å². The Morgan fingerprint density at radius 1 is 1.05 bits per heavy atom. The van der Waals surface area contributed by atoms with Crippen molar-refractivity contribution in [1.82, 2.24) is 10.2 Å². The van der Waals surface area contributed by atoms with E-state index in [1.807, 2.05) is 0 Å². The quantitative estimate of drug-likeness (QED) is 0.789. The zero-order chi connectivity index (χ0) is 13.7. The molecule has 2 nitrogen and oxygen atoms in total. The molecule has 1 heterocycles. The molecule has 0 aromatic heterocycles. The maximum absolute atomic E-state index is 3.69. The van der Waals surface area contributed by atoms with Gasteiger partial charge in [-0.1, -0.05) is 33.6 Å². The third-order valence-electron chi connectivity index (χ3n) is 5.32. The second kappa shape index (κ2) is 7.64. The summed E-state index contributed by atoms with van der Waals surface area (Å²) in [6.45, 7) is 11.1. The van der Waals surface area contributed by atoms with E-state index in [2.05, 4.69) is 31.0 Å². The average Bonchev–Trinajstić information content (AvgIpc) is 2.88. The molecule has 0 spiro atoms. The van der Waals surface area contributed by atoms with Crippen LogP contribution in [0, 0.1) is 11.8 Å². The summed E-state index contributed by atoms with van der Waals surface area (Å²) in [5.41, 5.74) is 0. The van der Waals surface area contributed by atoms with E-state index in [4.69, 9.17) is 0 Å². The lowest BCUT2D eigenvalue weighted by atomic mass is 9.77. The number of nitrogens with zero attached hydrogens (tertiary/aromatic N) is 1. The Kier molecular flexibility index (Phi) is 6.15. The van der Waals surface area contributed by atoms with Gasteiger partial charge in [0.05, 0.1) is 0 Å². The first-order valence-electron chi connectivity index (χ1n) is 8.69. The molecule has 19 heavy (non-hydrogen) atoms. The van der Waals surface area contributed by atoms with Crippen LogP contribution < -0.4 is 5.32 Å². The molecule has 2 heteroatoms. The summed E-state index contributed by atoms with van der Waals surface area (Å²) in [4.78, 5) is 2.85. The summed E-state index contributed by atoms with van der Waals surface area (Å²) in [5.74, 6) is 1.78. The summed E-state index contributed by atoms with van der Waals surface area (Å²) >= 11 is 0. The van der Waals surface area contributed by atoms with Gasteiger partial charge < -0.3 is 5.32 Å². The molecular formula is C17H34N2. The Morgan fingerprint density at radius 2 is 1.79 bits per heavy atom. The van der Waals surface area contributed by atoms with Gasteiger partial charge in [-0.3, -0.25) is 4.90 Å². The largest absolute Gasteiger partial charge is 0.313 e. The highest BCUT2D eigenvalue weighted by Crippen LogP contribution is 2.33. The molecule has 0 bridgehead atoms. The molecule has 1 N–H and O–H groups in total. The molecule has 0 amide bonds. The van der Waals surface area contributed by atoms with Crippen molar-refractivity contribution in [2.75, 3.05) is 19.6 Å². The van der Waals surface area contributed by atoms with Crippen LogP contribution in [0.5, 0.6) is 0 Å². The van der Waals surface area contributed by atoms with Crippen molar-refractivity contribution in [3.05, 3.63) is 0 Å². The topological polar surface area (TPSA) is 15.3 Å². The van der Waals surface area contributed by atoms with Crippen molar-refractivity contribution in [3.8, 4) is 0 Å². The van der Waals surface area contributed by atoms with Crippen LogP contribution in [0.4, 0.5) is 0 Å². The van der Waals surface area contributed by atoms with Gasteiger partial charge in [0.1, 0.15) is 0 Å². The van der Waals surface area contributed by atoms with E-state index in [1.54, 1.807) is 0 Å². The second-order valence-electron chi connectivity index (χ2n) is 7.02. The molecule has 3 unspecified atom stereocenters. The molecule has 3 atom stereocenters. The van der Waals surface area contributed by atoms with E-state index in [9.17, 15) is 0 Å². The molecule has 0 aromatic carbocycles. The molecule has 1 saturated heterocycles. The maximum atomic E-state index is 3.69. The number of rotatable bonds is 6. The molecule has 2 fully saturated rings. The Hall–Kier alpha value is -0.0800. The van der Waals surface area contributed by atoms with Gasteiger partial charge in [-0.15, -0.1) is 0 Å². The Labute approximate surface area is 120 Å². The lowest BCUT2D eigenvalue weighted by Crippen LogP contribution is -2.50. The minimum atomic E-state index is 0.762. The monoisotopic (exact) mass is 266 g/mol. The van der Waals surface area contributed by atoms with Gasteiger partial charge in [0.2, 0.25) is 0 Å². The minimum Gasteiger partial charge on any atom is -0.313 e. The molecule has 0 aromatic rings. The van der Waals surface area contributed by atoms with E-state index in [-0.39, 0.29) is 0 Å². The molecule has 1 saturated carbocycles. The van der Waals surface area contributed by atoms with Crippen LogP contribution in [-0.2, 0) is 0 Å². The highest BCUT2D eigenvalue weighted by Gasteiger charge is 2.33. The minimum absolute atomic E-state index is 0.762. The average molecular weight is 266 g/mol. The lowest BCUT2D eigenvalue weighted by molar-refractivity contribution is 0.0614. The predicted molar refractivity (Wildman–Crippen MR) is 83.5 cm³/mol. The van der Waals surface area contributed by atoms with E-state index in [1.165, 1.54) is 64.6 Å². The highest BCUT2D eigenvalue weighted by atomic mass is 15.2. The standard InChI is InChI=1S/C17H34N2/c1-4-5-12-19(13-16-10-7-11-18-16)17-14(2)8-6-9-15(17)3/h14-18H,4-13H2,1-3H3. The fourth-order valence-electron chi connectivity index (χ4n) is 4.30. The number of unbranched alkanes of at least 4 members (excludes halogenated alkanes) is 1. The fourth-order valence-corrected chi connectivity index (χ4v) is 4.30. The summed E-state index contributed by atoms with van der Waals surface area (Å²) < 4.78 is 0. The first kappa shape index (κ1) is 15.3. The van der Waals surface area contributed by atoms with Crippen LogP contribution in [0.2, 0.25) is 0 Å². The smallest absolute Gasteiger partial charge is 0.0195 e. The number of hydrogen-bond acceptors (Lipinski definition) is 2. The Morgan fingerprint density at radius 3 is 2.37 bits per heavy atom. The van der Waals surface area contributed by atoms with Crippen molar-refractivity contribution in [1.29, 1.82) is 0 Å². The van der Waals surface area contributed by atoms with Gasteiger partial charge in [0.15, 0.2) is 0 Å². The highest BCUT2D eigenvalue weighted by molar-refractivity contribution is 4.88. The van der Waals surface area contributed by atoms with Gasteiger partial charge in [0, 0.05) is 18.6 Å². The van der Waals surface area contributed by atoms with Crippen molar-refractivity contribution in [2.45, 2.75) is 77.8 Å². The third-order valence-corrected chi connectivity index (χ3v) is 5.32. The fraction of sp³-hybridized carbons (Fsp3) is 1.00. The summed E-state index contributed by atoms with van der Waals surface area (Å²) in [6, 6.07) is 1.60. The number of nitrogens with one attached hydrogen (secondary N) is 1. The molecule has 112 valence electrons. The molecule has 1 aliphatic heterocycles. The van der Waals surface area contributed by atoms with Crippen LogP contribution in [0.25, 0.3) is 0 Å². The van der Waals surface area contributed by atoms with E-state index >= 15 is 0 Å². The summed E-state index contributed by atoms with van der Waals surface area (Å²) in [5, 5.41) is 3.69. The zero-order valence-electron chi connectivity index (χ0n) is 13.3. The van der Waals surface area contributed by atoms with Gasteiger partial charge in [-0.2, -0.15) is 0 Å². The van der Waals surface area contributed by atoms with Gasteiger partial charge >= 0.3 is 0 Å². The molecule has 2 rings (SSSR count). The molecule has 0 radical (unpaired) electrons. The van der Waals surface area contributed by atoms with E-state index < -0.39 is 0 Å².